The van der Waals surface area contributed by atoms with Crippen molar-refractivity contribution in [2.75, 3.05) is 14.2 Å². The summed E-state index contributed by atoms with van der Waals surface area (Å²) in [4.78, 5) is 4.41. The van der Waals surface area contributed by atoms with Gasteiger partial charge in [-0.15, -0.1) is 5.10 Å². The van der Waals surface area contributed by atoms with Crippen LogP contribution in [0.2, 0.25) is 0 Å². The molecule has 2 unspecified atom stereocenters. The molecule has 6 heteroatoms. The highest BCUT2D eigenvalue weighted by atomic mass is 32.2. The van der Waals surface area contributed by atoms with Crippen molar-refractivity contribution >= 4 is 11.8 Å². The summed E-state index contributed by atoms with van der Waals surface area (Å²) in [5.41, 5.74) is 2.73. The van der Waals surface area contributed by atoms with Crippen LogP contribution in [0.3, 0.4) is 0 Å². The van der Waals surface area contributed by atoms with Crippen molar-refractivity contribution in [3.05, 3.63) is 35.2 Å². The van der Waals surface area contributed by atoms with Gasteiger partial charge in [-0.1, -0.05) is 17.8 Å². The average molecular weight is 304 g/mol. The van der Waals surface area contributed by atoms with Crippen LogP contribution in [-0.4, -0.2) is 34.6 Å². The maximum absolute atomic E-state index is 5.37. The van der Waals surface area contributed by atoms with Gasteiger partial charge in [0, 0.05) is 11.3 Å². The van der Waals surface area contributed by atoms with E-state index in [0.29, 0.717) is 5.25 Å². The third-order valence-corrected chi connectivity index (χ3v) is 5.11. The molecule has 0 fully saturated rings. The summed E-state index contributed by atoms with van der Waals surface area (Å²) in [7, 11) is 3.72. The first kappa shape index (κ1) is 14.4. The largest absolute Gasteiger partial charge is 0.497 e. The second kappa shape index (κ2) is 6.07. The van der Waals surface area contributed by atoms with Gasteiger partial charge in [0.25, 0.3) is 0 Å². The number of hydrogen-bond acceptors (Lipinski definition) is 5. The van der Waals surface area contributed by atoms with Gasteiger partial charge in [0.15, 0.2) is 0 Å². The molecule has 2 atom stereocenters. The summed E-state index contributed by atoms with van der Waals surface area (Å²) >= 11 is 1.74. The Morgan fingerprint density at radius 2 is 2.29 bits per heavy atom. The molecule has 0 saturated heterocycles. The lowest BCUT2D eigenvalue weighted by Gasteiger charge is -2.32. The number of H-pyrrole nitrogens is 1. The van der Waals surface area contributed by atoms with Gasteiger partial charge >= 0.3 is 0 Å². The first-order chi connectivity index (χ1) is 10.2. The predicted molar refractivity (Wildman–Crippen MR) is 83.9 cm³/mol. The van der Waals surface area contributed by atoms with Gasteiger partial charge in [0.1, 0.15) is 11.6 Å². The zero-order valence-electron chi connectivity index (χ0n) is 12.5. The molecule has 0 saturated carbocycles. The predicted octanol–water partition coefficient (Wildman–Crippen LogP) is 2.49. The van der Waals surface area contributed by atoms with Crippen LogP contribution in [0.4, 0.5) is 0 Å². The Labute approximate surface area is 128 Å². The third kappa shape index (κ3) is 2.91. The van der Waals surface area contributed by atoms with Gasteiger partial charge in [-0.3, -0.25) is 5.10 Å². The maximum atomic E-state index is 5.37. The Balaban J connectivity index is 1.86. The lowest BCUT2D eigenvalue weighted by Crippen LogP contribution is -2.32. The van der Waals surface area contributed by atoms with Crippen molar-refractivity contribution in [2.45, 2.75) is 36.2 Å². The fourth-order valence-electron chi connectivity index (χ4n) is 2.86. The van der Waals surface area contributed by atoms with E-state index in [1.165, 1.54) is 11.1 Å². The second-order valence-corrected chi connectivity index (χ2v) is 6.44. The number of thioether (sulfide) groups is 1. The minimum Gasteiger partial charge on any atom is -0.497 e. The highest BCUT2D eigenvalue weighted by Gasteiger charge is 2.30. The molecule has 0 radical (unpaired) electrons. The van der Waals surface area contributed by atoms with Gasteiger partial charge in [-0.2, -0.15) is 0 Å². The summed E-state index contributed by atoms with van der Waals surface area (Å²) in [6.45, 7) is 1.92. The number of methoxy groups -OCH3 is 1. The fraction of sp³-hybridized carbons (Fsp3) is 0.467. The van der Waals surface area contributed by atoms with E-state index >= 15 is 0 Å². The van der Waals surface area contributed by atoms with Gasteiger partial charge in [0.05, 0.1) is 7.11 Å². The standard InChI is InChI=1S/C15H20N4OS/c1-9-17-15(19-18-9)21-13-7-5-10-4-6-11(20-3)8-12(10)14(13)16-2/h4,6,8,13-14,16H,5,7H2,1-3H3,(H,17,18,19). The average Bonchev–Trinajstić information content (AvgIpc) is 2.91. The van der Waals surface area contributed by atoms with E-state index in [4.69, 9.17) is 4.74 Å². The molecule has 3 rings (SSSR count). The highest BCUT2D eigenvalue weighted by Crippen LogP contribution is 2.40. The van der Waals surface area contributed by atoms with E-state index in [0.717, 1.165) is 29.6 Å². The van der Waals surface area contributed by atoms with Gasteiger partial charge < -0.3 is 10.1 Å². The van der Waals surface area contributed by atoms with E-state index < -0.39 is 0 Å². The van der Waals surface area contributed by atoms with Gasteiger partial charge in [0.2, 0.25) is 5.16 Å². The monoisotopic (exact) mass is 304 g/mol. The molecule has 2 N–H and O–H groups in total. The molecular formula is C15H20N4OS. The Bertz CT molecular complexity index is 628. The Kier molecular flexibility index (Phi) is 4.17. The number of hydrogen-bond donors (Lipinski definition) is 2. The van der Waals surface area contributed by atoms with Crippen LogP contribution in [0.5, 0.6) is 5.75 Å². The van der Waals surface area contributed by atoms with Crippen molar-refractivity contribution < 1.29 is 4.74 Å². The number of fused-ring (bicyclic) bond motifs is 1. The van der Waals surface area contributed by atoms with Crippen LogP contribution in [0.15, 0.2) is 23.4 Å². The molecule has 1 heterocycles. The van der Waals surface area contributed by atoms with Crippen LogP contribution < -0.4 is 10.1 Å². The zero-order valence-corrected chi connectivity index (χ0v) is 13.3. The van der Waals surface area contributed by atoms with E-state index in [1.54, 1.807) is 18.9 Å². The summed E-state index contributed by atoms with van der Waals surface area (Å²) in [5.74, 6) is 1.77. The topological polar surface area (TPSA) is 62.8 Å². The molecule has 112 valence electrons. The molecule has 5 nitrogen and oxygen atoms in total. The summed E-state index contributed by atoms with van der Waals surface area (Å²) in [5, 5.41) is 11.8. The molecule has 0 amide bonds. The Morgan fingerprint density at radius 1 is 1.43 bits per heavy atom. The number of nitrogens with zero attached hydrogens (tertiary/aromatic N) is 2. The minimum atomic E-state index is 0.285. The molecule has 2 aromatic rings. The number of aromatic nitrogens is 3. The molecule has 0 aliphatic heterocycles. The first-order valence-corrected chi connectivity index (χ1v) is 7.99. The van der Waals surface area contributed by atoms with Crippen molar-refractivity contribution in [3.63, 3.8) is 0 Å². The van der Waals surface area contributed by atoms with Crippen LogP contribution >= 0.6 is 11.8 Å². The number of rotatable bonds is 4. The number of ether oxygens (including phenoxy) is 1. The summed E-state index contributed by atoms with van der Waals surface area (Å²) < 4.78 is 5.37. The van der Waals surface area contributed by atoms with Crippen molar-refractivity contribution in [3.8, 4) is 5.75 Å². The van der Waals surface area contributed by atoms with Gasteiger partial charge in [-0.25, -0.2) is 4.98 Å². The van der Waals surface area contributed by atoms with E-state index in [-0.39, 0.29) is 6.04 Å². The molecule has 0 spiro atoms. The smallest absolute Gasteiger partial charge is 0.208 e. The third-order valence-electron chi connectivity index (χ3n) is 3.90. The number of benzene rings is 1. The molecular weight excluding hydrogens is 284 g/mol. The highest BCUT2D eigenvalue weighted by molar-refractivity contribution is 7.99. The van der Waals surface area contributed by atoms with Crippen LogP contribution in [0, 0.1) is 6.92 Å². The fourth-order valence-corrected chi connectivity index (χ4v) is 4.07. The summed E-state index contributed by atoms with van der Waals surface area (Å²) in [6, 6.07) is 6.65. The Hall–Kier alpha value is -1.53. The molecule has 0 bridgehead atoms. The van der Waals surface area contributed by atoms with E-state index in [2.05, 4.69) is 32.6 Å². The zero-order chi connectivity index (χ0) is 14.8. The van der Waals surface area contributed by atoms with Crippen molar-refractivity contribution in [1.82, 2.24) is 20.5 Å². The SMILES string of the molecule is CNC1c2cc(OC)ccc2CCC1Sc1n[nH]c(C)n1. The number of nitrogens with one attached hydrogen (secondary N) is 2. The van der Waals surface area contributed by atoms with E-state index in [1.807, 2.05) is 20.0 Å². The Morgan fingerprint density at radius 3 is 2.95 bits per heavy atom. The van der Waals surface area contributed by atoms with Crippen LogP contribution in [-0.2, 0) is 6.42 Å². The van der Waals surface area contributed by atoms with Gasteiger partial charge in [-0.05, 0) is 50.1 Å². The second-order valence-electron chi connectivity index (χ2n) is 5.23. The lowest BCUT2D eigenvalue weighted by molar-refractivity contribution is 0.411. The molecule has 1 aliphatic carbocycles. The molecule has 1 aromatic carbocycles. The van der Waals surface area contributed by atoms with Crippen LogP contribution in [0.1, 0.15) is 29.4 Å². The molecule has 1 aliphatic rings. The molecule has 21 heavy (non-hydrogen) atoms. The van der Waals surface area contributed by atoms with E-state index in [9.17, 15) is 0 Å². The first-order valence-electron chi connectivity index (χ1n) is 7.11. The summed E-state index contributed by atoms with van der Waals surface area (Å²) in [6.07, 6.45) is 2.20. The normalized spacial score (nSPS) is 21.1. The lowest BCUT2D eigenvalue weighted by atomic mass is 9.87. The quantitative estimate of drug-likeness (QED) is 0.908. The minimum absolute atomic E-state index is 0.285. The van der Waals surface area contributed by atoms with Crippen molar-refractivity contribution in [2.24, 2.45) is 0 Å². The number of aromatic amines is 1. The van der Waals surface area contributed by atoms with Crippen LogP contribution in [0.25, 0.3) is 0 Å². The number of aryl methyl sites for hydroxylation is 2. The maximum Gasteiger partial charge on any atom is 0.208 e. The van der Waals surface area contributed by atoms with Crippen molar-refractivity contribution in [1.29, 1.82) is 0 Å². The molecule has 1 aromatic heterocycles.